The van der Waals surface area contributed by atoms with Gasteiger partial charge in [-0.05, 0) is 25.1 Å². The van der Waals surface area contributed by atoms with Crippen LogP contribution in [0.1, 0.15) is 18.9 Å². The molecule has 0 atom stereocenters. The molecule has 0 saturated carbocycles. The fraction of sp³-hybridized carbons (Fsp3) is 0.400. The van der Waals surface area contributed by atoms with Gasteiger partial charge < -0.3 is 15.4 Å². The summed E-state index contributed by atoms with van der Waals surface area (Å²) in [6.07, 6.45) is 6.08. The van der Waals surface area contributed by atoms with E-state index in [2.05, 4.69) is 23.5 Å². The van der Waals surface area contributed by atoms with Gasteiger partial charge >= 0.3 is 0 Å². The van der Waals surface area contributed by atoms with Crippen LogP contribution in [-0.2, 0) is 11.3 Å². The number of carbonyl (C=O) groups is 1. The molecule has 0 bridgehead atoms. The first-order valence-electron chi connectivity index (χ1n) is 6.60. The van der Waals surface area contributed by atoms with E-state index in [0.717, 1.165) is 18.5 Å². The molecule has 0 fully saturated rings. The lowest BCUT2D eigenvalue weighted by atomic mass is 10.2. The molecule has 0 unspecified atom stereocenters. The SMILES string of the molecule is C#CCNC(=O)COc1c(Cl)cc(Cl)cc1CNCCC. The highest BCUT2D eigenvalue weighted by atomic mass is 35.5. The number of halogens is 2. The Morgan fingerprint density at radius 1 is 1.43 bits per heavy atom. The van der Waals surface area contributed by atoms with Gasteiger partial charge in [0.05, 0.1) is 11.6 Å². The van der Waals surface area contributed by atoms with Crippen molar-refractivity contribution in [2.24, 2.45) is 0 Å². The number of benzene rings is 1. The third-order valence-corrected chi connectivity index (χ3v) is 3.06. The van der Waals surface area contributed by atoms with Gasteiger partial charge in [-0.2, -0.15) is 0 Å². The molecule has 1 aromatic carbocycles. The van der Waals surface area contributed by atoms with Crippen LogP contribution in [0.5, 0.6) is 5.75 Å². The highest BCUT2D eigenvalue weighted by Crippen LogP contribution is 2.32. The van der Waals surface area contributed by atoms with Crippen LogP contribution in [0.15, 0.2) is 12.1 Å². The van der Waals surface area contributed by atoms with Crippen LogP contribution in [0, 0.1) is 12.3 Å². The second-order valence-corrected chi connectivity index (χ2v) is 5.17. The van der Waals surface area contributed by atoms with Crippen molar-refractivity contribution in [3.63, 3.8) is 0 Å². The Kier molecular flexibility index (Phi) is 7.99. The Balaban J connectivity index is 2.74. The van der Waals surface area contributed by atoms with Gasteiger partial charge in [0, 0.05) is 17.1 Å². The smallest absolute Gasteiger partial charge is 0.258 e. The van der Waals surface area contributed by atoms with Crippen molar-refractivity contribution in [3.8, 4) is 18.1 Å². The highest BCUT2D eigenvalue weighted by Gasteiger charge is 2.12. The molecule has 0 spiro atoms. The van der Waals surface area contributed by atoms with E-state index >= 15 is 0 Å². The molecule has 0 heterocycles. The zero-order chi connectivity index (χ0) is 15.7. The molecule has 6 heteroatoms. The summed E-state index contributed by atoms with van der Waals surface area (Å²) in [5.41, 5.74) is 0.811. The number of hydrogen-bond donors (Lipinski definition) is 2. The first-order valence-corrected chi connectivity index (χ1v) is 7.35. The van der Waals surface area contributed by atoms with Gasteiger partial charge in [0.1, 0.15) is 5.75 Å². The molecule has 2 N–H and O–H groups in total. The van der Waals surface area contributed by atoms with E-state index < -0.39 is 0 Å². The zero-order valence-electron chi connectivity index (χ0n) is 11.8. The molecule has 0 aliphatic carbocycles. The molecule has 1 aromatic rings. The van der Waals surface area contributed by atoms with Gasteiger partial charge in [0.25, 0.3) is 5.91 Å². The van der Waals surface area contributed by atoms with Crippen LogP contribution in [0.3, 0.4) is 0 Å². The fourth-order valence-corrected chi connectivity index (χ4v) is 2.23. The van der Waals surface area contributed by atoms with Gasteiger partial charge in [-0.15, -0.1) is 6.42 Å². The Morgan fingerprint density at radius 2 is 2.19 bits per heavy atom. The third kappa shape index (κ3) is 6.26. The summed E-state index contributed by atoms with van der Waals surface area (Å²) < 4.78 is 5.50. The summed E-state index contributed by atoms with van der Waals surface area (Å²) in [4.78, 5) is 11.5. The average Bonchev–Trinajstić information content (AvgIpc) is 2.44. The maximum absolute atomic E-state index is 11.5. The number of amides is 1. The van der Waals surface area contributed by atoms with Crippen molar-refractivity contribution in [1.29, 1.82) is 0 Å². The number of ether oxygens (including phenoxy) is 1. The molecule has 1 amide bonds. The lowest BCUT2D eigenvalue weighted by Gasteiger charge is -2.14. The van der Waals surface area contributed by atoms with Crippen molar-refractivity contribution in [2.45, 2.75) is 19.9 Å². The summed E-state index contributed by atoms with van der Waals surface area (Å²) >= 11 is 12.1. The number of nitrogens with one attached hydrogen (secondary N) is 2. The lowest BCUT2D eigenvalue weighted by Crippen LogP contribution is -2.29. The van der Waals surface area contributed by atoms with Crippen LogP contribution in [0.4, 0.5) is 0 Å². The van der Waals surface area contributed by atoms with Gasteiger partial charge in [0.15, 0.2) is 6.61 Å². The fourth-order valence-electron chi connectivity index (χ4n) is 1.64. The largest absolute Gasteiger partial charge is 0.482 e. The number of carbonyl (C=O) groups excluding carboxylic acids is 1. The Morgan fingerprint density at radius 3 is 2.86 bits per heavy atom. The Labute approximate surface area is 135 Å². The summed E-state index contributed by atoms with van der Waals surface area (Å²) in [5.74, 6) is 2.48. The van der Waals surface area contributed by atoms with Crippen molar-refractivity contribution in [1.82, 2.24) is 10.6 Å². The van der Waals surface area contributed by atoms with Crippen LogP contribution in [0.2, 0.25) is 10.0 Å². The van der Waals surface area contributed by atoms with Crippen molar-refractivity contribution in [3.05, 3.63) is 27.7 Å². The van der Waals surface area contributed by atoms with E-state index in [1.54, 1.807) is 12.1 Å². The molecule has 0 radical (unpaired) electrons. The van der Waals surface area contributed by atoms with E-state index in [0.29, 0.717) is 22.3 Å². The van der Waals surface area contributed by atoms with Gasteiger partial charge in [-0.1, -0.05) is 36.0 Å². The standard InChI is InChI=1S/C15H18Cl2N2O2/c1-3-5-18-9-11-7-12(16)8-13(17)15(11)21-10-14(20)19-6-4-2/h2,7-8,18H,3,5-6,9-10H2,1H3,(H,19,20). The van der Waals surface area contributed by atoms with E-state index in [1.165, 1.54) is 0 Å². The first-order chi connectivity index (χ1) is 10.1. The Hall–Kier alpha value is -1.41. The minimum atomic E-state index is -0.300. The normalized spacial score (nSPS) is 10.0. The van der Waals surface area contributed by atoms with E-state index in [-0.39, 0.29) is 19.1 Å². The molecule has 0 aromatic heterocycles. The second-order valence-electron chi connectivity index (χ2n) is 4.32. The summed E-state index contributed by atoms with van der Waals surface area (Å²) in [6, 6.07) is 3.35. The lowest BCUT2D eigenvalue weighted by molar-refractivity contribution is -0.122. The van der Waals surface area contributed by atoms with Crippen molar-refractivity contribution in [2.75, 3.05) is 19.7 Å². The summed E-state index contributed by atoms with van der Waals surface area (Å²) in [5, 5.41) is 6.67. The predicted octanol–water partition coefficient (Wildman–Crippen LogP) is 2.62. The maximum Gasteiger partial charge on any atom is 0.258 e. The van der Waals surface area contributed by atoms with Crippen LogP contribution in [0.25, 0.3) is 0 Å². The van der Waals surface area contributed by atoms with E-state index in [1.807, 2.05) is 0 Å². The highest BCUT2D eigenvalue weighted by molar-refractivity contribution is 6.35. The monoisotopic (exact) mass is 328 g/mol. The number of rotatable bonds is 8. The van der Waals surface area contributed by atoms with Crippen molar-refractivity contribution < 1.29 is 9.53 Å². The van der Waals surface area contributed by atoms with Crippen LogP contribution in [-0.4, -0.2) is 25.6 Å². The molecule has 0 aliphatic rings. The van der Waals surface area contributed by atoms with Crippen LogP contribution < -0.4 is 15.4 Å². The number of terminal acetylenes is 1. The second kappa shape index (κ2) is 9.51. The van der Waals surface area contributed by atoms with Gasteiger partial charge in [0.2, 0.25) is 0 Å². The topological polar surface area (TPSA) is 50.4 Å². The molecule has 21 heavy (non-hydrogen) atoms. The molecule has 114 valence electrons. The first kappa shape index (κ1) is 17.6. The minimum absolute atomic E-state index is 0.149. The number of hydrogen-bond acceptors (Lipinski definition) is 3. The molecule has 0 saturated heterocycles. The summed E-state index contributed by atoms with van der Waals surface area (Å²) in [7, 11) is 0. The molecular weight excluding hydrogens is 311 g/mol. The van der Waals surface area contributed by atoms with Gasteiger partial charge in [-0.3, -0.25) is 4.79 Å². The zero-order valence-corrected chi connectivity index (χ0v) is 13.4. The van der Waals surface area contributed by atoms with E-state index in [4.69, 9.17) is 34.4 Å². The third-order valence-electron chi connectivity index (χ3n) is 2.56. The van der Waals surface area contributed by atoms with Gasteiger partial charge in [-0.25, -0.2) is 0 Å². The summed E-state index contributed by atoms with van der Waals surface area (Å²) in [6.45, 7) is 3.53. The van der Waals surface area contributed by atoms with Crippen LogP contribution >= 0.6 is 23.2 Å². The Bertz CT molecular complexity index is 527. The van der Waals surface area contributed by atoms with E-state index in [9.17, 15) is 4.79 Å². The molecule has 1 rings (SSSR count). The molecule has 4 nitrogen and oxygen atoms in total. The maximum atomic E-state index is 11.5. The molecule has 0 aliphatic heterocycles. The van der Waals surface area contributed by atoms with Crippen molar-refractivity contribution >= 4 is 29.1 Å². The molecular formula is C15H18Cl2N2O2. The average molecular weight is 329 g/mol. The quantitative estimate of drug-likeness (QED) is 0.569. The minimum Gasteiger partial charge on any atom is -0.482 e. The predicted molar refractivity (Wildman–Crippen MR) is 85.8 cm³/mol.